The number of hydrogen-bond acceptors (Lipinski definition) is 5. The molecule has 1 aromatic carbocycles. The molecule has 0 aromatic heterocycles. The normalized spacial score (nSPS) is 21.9. The number of halogens is 1. The van der Waals surface area contributed by atoms with Gasteiger partial charge < -0.3 is 10.1 Å². The van der Waals surface area contributed by atoms with Crippen molar-refractivity contribution in [1.29, 1.82) is 0 Å². The molecule has 0 spiro atoms. The average molecular weight is 446 g/mol. The Bertz CT molecular complexity index is 804. The summed E-state index contributed by atoms with van der Waals surface area (Å²) in [5, 5.41) is 2.99. The number of benzene rings is 1. The van der Waals surface area contributed by atoms with Crippen LogP contribution < -0.4 is 5.32 Å². The Kier molecular flexibility index (Phi) is 8.48. The summed E-state index contributed by atoms with van der Waals surface area (Å²) in [6.45, 7) is 12.6. The Morgan fingerprint density at radius 2 is 1.86 bits per heavy atom. The second-order valence-corrected chi connectivity index (χ2v) is 9.82. The molecule has 1 aliphatic heterocycles. The standard InChI is InChI=1S/C20H32ClN3O4S/c1-6-23(7-2)14(3)11-22-20(25)17-8-9-18(21)19(10-17)29(26,27)24-12-15(4)28-16(5)13-24/h8-10,14-16H,6-7,11-13H2,1-5H3,(H,22,25). The Morgan fingerprint density at radius 3 is 2.41 bits per heavy atom. The van der Waals surface area contributed by atoms with Crippen molar-refractivity contribution in [3.63, 3.8) is 0 Å². The number of ether oxygens (including phenoxy) is 1. The lowest BCUT2D eigenvalue weighted by Gasteiger charge is -2.34. The third-order valence-corrected chi connectivity index (χ3v) is 7.50. The number of morpholine rings is 1. The zero-order valence-electron chi connectivity index (χ0n) is 17.8. The van der Waals surface area contributed by atoms with Crippen molar-refractivity contribution in [2.24, 2.45) is 0 Å². The Hall–Kier alpha value is -1.19. The second kappa shape index (κ2) is 10.2. The molecule has 3 atom stereocenters. The first-order valence-corrected chi connectivity index (χ1v) is 11.9. The van der Waals surface area contributed by atoms with Crippen LogP contribution in [0.15, 0.2) is 23.1 Å². The van der Waals surface area contributed by atoms with Gasteiger partial charge in [0.05, 0.1) is 17.2 Å². The quantitative estimate of drug-likeness (QED) is 0.665. The maximum absolute atomic E-state index is 13.2. The number of hydrogen-bond donors (Lipinski definition) is 1. The topological polar surface area (TPSA) is 79.0 Å². The summed E-state index contributed by atoms with van der Waals surface area (Å²) in [5.41, 5.74) is 0.272. The molecular formula is C20H32ClN3O4S. The van der Waals surface area contributed by atoms with Gasteiger partial charge >= 0.3 is 0 Å². The van der Waals surface area contributed by atoms with Gasteiger partial charge in [0, 0.05) is 31.2 Å². The van der Waals surface area contributed by atoms with Gasteiger partial charge in [-0.05, 0) is 52.1 Å². The maximum atomic E-state index is 13.2. The average Bonchev–Trinajstić information content (AvgIpc) is 2.66. The summed E-state index contributed by atoms with van der Waals surface area (Å²) < 4.78 is 33.3. The molecule has 9 heteroatoms. The number of likely N-dealkylation sites (N-methyl/N-ethyl adjacent to an activating group) is 1. The van der Waals surface area contributed by atoms with Crippen LogP contribution in [0.25, 0.3) is 0 Å². The maximum Gasteiger partial charge on any atom is 0.251 e. The predicted octanol–water partition coefficient (Wildman–Crippen LogP) is 2.60. The highest BCUT2D eigenvalue weighted by Gasteiger charge is 2.33. The van der Waals surface area contributed by atoms with E-state index in [1.807, 2.05) is 20.8 Å². The Balaban J connectivity index is 2.19. The van der Waals surface area contributed by atoms with Crippen LogP contribution in [0.1, 0.15) is 45.0 Å². The van der Waals surface area contributed by atoms with Crippen molar-refractivity contribution in [1.82, 2.24) is 14.5 Å². The predicted molar refractivity (Wildman–Crippen MR) is 115 cm³/mol. The molecule has 164 valence electrons. The van der Waals surface area contributed by atoms with E-state index in [-0.39, 0.29) is 52.7 Å². The van der Waals surface area contributed by atoms with Gasteiger partial charge in [-0.15, -0.1) is 0 Å². The van der Waals surface area contributed by atoms with Gasteiger partial charge in [-0.1, -0.05) is 25.4 Å². The molecule has 2 rings (SSSR count). The minimum Gasteiger partial charge on any atom is -0.373 e. The fourth-order valence-corrected chi connectivity index (χ4v) is 5.72. The van der Waals surface area contributed by atoms with Gasteiger partial charge in [0.2, 0.25) is 10.0 Å². The molecule has 0 saturated carbocycles. The first kappa shape index (κ1) is 24.1. The summed E-state index contributed by atoms with van der Waals surface area (Å²) in [6.07, 6.45) is -0.416. The lowest BCUT2D eigenvalue weighted by atomic mass is 10.2. The zero-order chi connectivity index (χ0) is 21.8. The minimum absolute atomic E-state index is 0.0510. The van der Waals surface area contributed by atoms with Crippen LogP contribution in [0.5, 0.6) is 0 Å². The van der Waals surface area contributed by atoms with Crippen LogP contribution >= 0.6 is 11.6 Å². The van der Waals surface area contributed by atoms with Gasteiger partial charge in [-0.25, -0.2) is 8.42 Å². The summed E-state index contributed by atoms with van der Waals surface area (Å²) in [5.74, 6) is -0.319. The largest absolute Gasteiger partial charge is 0.373 e. The Morgan fingerprint density at radius 1 is 1.28 bits per heavy atom. The highest BCUT2D eigenvalue weighted by atomic mass is 35.5. The van der Waals surface area contributed by atoms with Crippen LogP contribution in [0.4, 0.5) is 0 Å². The van der Waals surface area contributed by atoms with Crippen LogP contribution in [0.2, 0.25) is 5.02 Å². The molecular weight excluding hydrogens is 414 g/mol. The van der Waals surface area contributed by atoms with E-state index in [1.165, 1.54) is 16.4 Å². The number of nitrogens with one attached hydrogen (secondary N) is 1. The number of carbonyl (C=O) groups excluding carboxylic acids is 1. The van der Waals surface area contributed by atoms with Gasteiger partial charge in [-0.3, -0.25) is 9.69 Å². The molecule has 1 saturated heterocycles. The lowest BCUT2D eigenvalue weighted by Crippen LogP contribution is -2.48. The van der Waals surface area contributed by atoms with Crippen LogP contribution in [-0.2, 0) is 14.8 Å². The molecule has 3 unspecified atom stereocenters. The number of sulfonamides is 1. The van der Waals surface area contributed by atoms with E-state index in [9.17, 15) is 13.2 Å². The number of nitrogens with zero attached hydrogens (tertiary/aromatic N) is 2. The summed E-state index contributed by atoms with van der Waals surface area (Å²) in [7, 11) is -3.83. The Labute approximate surface area is 179 Å². The molecule has 0 aliphatic carbocycles. The number of rotatable bonds is 8. The fraction of sp³-hybridized carbons (Fsp3) is 0.650. The summed E-state index contributed by atoms with van der Waals surface area (Å²) in [4.78, 5) is 14.8. The highest BCUT2D eigenvalue weighted by Crippen LogP contribution is 2.28. The first-order chi connectivity index (χ1) is 13.6. The van der Waals surface area contributed by atoms with E-state index in [0.717, 1.165) is 13.1 Å². The molecule has 0 radical (unpaired) electrons. The van der Waals surface area contributed by atoms with Crippen molar-refractivity contribution in [2.75, 3.05) is 32.7 Å². The zero-order valence-corrected chi connectivity index (χ0v) is 19.4. The van der Waals surface area contributed by atoms with Gasteiger partial charge in [0.1, 0.15) is 4.90 Å². The van der Waals surface area contributed by atoms with Crippen molar-refractivity contribution in [2.45, 2.75) is 57.8 Å². The molecule has 1 amide bonds. The summed E-state index contributed by atoms with van der Waals surface area (Å²) >= 11 is 6.21. The van der Waals surface area contributed by atoms with E-state index in [1.54, 1.807) is 6.07 Å². The van der Waals surface area contributed by atoms with E-state index < -0.39 is 10.0 Å². The lowest BCUT2D eigenvalue weighted by molar-refractivity contribution is -0.0440. The molecule has 1 aromatic rings. The van der Waals surface area contributed by atoms with Gasteiger partial charge in [-0.2, -0.15) is 4.31 Å². The molecule has 0 bridgehead atoms. The van der Waals surface area contributed by atoms with Crippen LogP contribution in [0, 0.1) is 0 Å². The molecule has 1 N–H and O–H groups in total. The van der Waals surface area contributed by atoms with Crippen molar-refractivity contribution >= 4 is 27.5 Å². The van der Waals surface area contributed by atoms with E-state index in [4.69, 9.17) is 16.3 Å². The minimum atomic E-state index is -3.83. The van der Waals surface area contributed by atoms with Crippen LogP contribution in [-0.4, -0.2) is 74.5 Å². The fourth-order valence-electron chi connectivity index (χ4n) is 3.63. The smallest absolute Gasteiger partial charge is 0.251 e. The van der Waals surface area contributed by atoms with Gasteiger partial charge in [0.15, 0.2) is 0 Å². The van der Waals surface area contributed by atoms with Crippen molar-refractivity contribution < 1.29 is 17.9 Å². The molecule has 29 heavy (non-hydrogen) atoms. The van der Waals surface area contributed by atoms with Crippen molar-refractivity contribution in [3.05, 3.63) is 28.8 Å². The first-order valence-electron chi connectivity index (χ1n) is 10.1. The van der Waals surface area contributed by atoms with E-state index >= 15 is 0 Å². The molecule has 1 fully saturated rings. The van der Waals surface area contributed by atoms with Crippen LogP contribution in [0.3, 0.4) is 0 Å². The third-order valence-electron chi connectivity index (χ3n) is 5.19. The SMILES string of the molecule is CCN(CC)C(C)CNC(=O)c1ccc(Cl)c(S(=O)(=O)N2CC(C)OC(C)C2)c1. The van der Waals surface area contributed by atoms with E-state index in [2.05, 4.69) is 24.1 Å². The van der Waals surface area contributed by atoms with Crippen molar-refractivity contribution in [3.8, 4) is 0 Å². The molecule has 1 heterocycles. The third kappa shape index (κ3) is 5.92. The second-order valence-electron chi connectivity index (χ2n) is 7.50. The monoisotopic (exact) mass is 445 g/mol. The summed E-state index contributed by atoms with van der Waals surface area (Å²) in [6, 6.07) is 4.55. The highest BCUT2D eigenvalue weighted by molar-refractivity contribution is 7.89. The van der Waals surface area contributed by atoms with Gasteiger partial charge in [0.25, 0.3) is 5.91 Å². The number of carbonyl (C=O) groups is 1. The molecule has 7 nitrogen and oxygen atoms in total. The van der Waals surface area contributed by atoms with E-state index in [0.29, 0.717) is 6.54 Å². The molecule has 1 aliphatic rings. The number of amides is 1.